The second-order valence-corrected chi connectivity index (χ2v) is 6.09. The first-order valence-corrected chi connectivity index (χ1v) is 7.14. The minimum atomic E-state index is -1.19. The molecule has 0 aromatic carbocycles. The molecule has 1 fully saturated rings. The third-order valence-corrected chi connectivity index (χ3v) is 3.82. The molecule has 1 aliphatic heterocycles. The van der Waals surface area contributed by atoms with E-state index in [-0.39, 0.29) is 12.1 Å². The summed E-state index contributed by atoms with van der Waals surface area (Å²) in [6, 6.07) is -0.334. The van der Waals surface area contributed by atoms with E-state index in [2.05, 4.69) is 5.32 Å². The van der Waals surface area contributed by atoms with Crippen LogP contribution in [-0.4, -0.2) is 52.3 Å². The second kappa shape index (κ2) is 5.99. The fourth-order valence-corrected chi connectivity index (χ4v) is 2.67. The molecule has 0 aromatic heterocycles. The summed E-state index contributed by atoms with van der Waals surface area (Å²) in [5.74, 6) is -0.989. The summed E-state index contributed by atoms with van der Waals surface area (Å²) in [5.41, 5.74) is -1.61. The number of carboxylic acids is 1. The summed E-state index contributed by atoms with van der Waals surface area (Å²) in [4.78, 5) is 25.4. The molecule has 0 bridgehead atoms. The number of carbonyl (C=O) groups is 2. The van der Waals surface area contributed by atoms with Gasteiger partial charge in [0.15, 0.2) is 0 Å². The van der Waals surface area contributed by atoms with E-state index in [1.807, 2.05) is 20.8 Å². The molecule has 6 heteroatoms. The standard InChI is InChI=1S/C14H26N2O4/c1-6-14(7-2,11(17)18)15-12(19)16-8-10(3)20-13(4,5)9-16/h10H,6-9H2,1-5H3,(H,15,19)(H,17,18). The Morgan fingerprint density at radius 1 is 1.40 bits per heavy atom. The number of carbonyl (C=O) groups excluding carboxylic acids is 1. The SMILES string of the molecule is CCC(CC)(NC(=O)N1CC(C)OC(C)(C)C1)C(=O)O. The maximum absolute atomic E-state index is 12.4. The molecule has 2 amide bonds. The highest BCUT2D eigenvalue weighted by atomic mass is 16.5. The fourth-order valence-electron chi connectivity index (χ4n) is 2.67. The van der Waals surface area contributed by atoms with Gasteiger partial charge in [-0.1, -0.05) is 13.8 Å². The van der Waals surface area contributed by atoms with Crippen molar-refractivity contribution in [1.29, 1.82) is 0 Å². The van der Waals surface area contributed by atoms with Gasteiger partial charge in [0.25, 0.3) is 0 Å². The minimum Gasteiger partial charge on any atom is -0.480 e. The van der Waals surface area contributed by atoms with E-state index < -0.39 is 17.1 Å². The lowest BCUT2D eigenvalue weighted by Crippen LogP contribution is -2.62. The summed E-state index contributed by atoms with van der Waals surface area (Å²) in [6.45, 7) is 10.2. The topological polar surface area (TPSA) is 78.9 Å². The quantitative estimate of drug-likeness (QED) is 0.826. The van der Waals surface area contributed by atoms with Gasteiger partial charge in [0.2, 0.25) is 0 Å². The number of aliphatic carboxylic acids is 1. The van der Waals surface area contributed by atoms with Crippen molar-refractivity contribution in [2.75, 3.05) is 13.1 Å². The van der Waals surface area contributed by atoms with Gasteiger partial charge in [-0.05, 0) is 33.6 Å². The minimum absolute atomic E-state index is 0.0630. The number of morpholine rings is 1. The monoisotopic (exact) mass is 286 g/mol. The Labute approximate surface area is 120 Å². The van der Waals surface area contributed by atoms with Crippen LogP contribution in [0.15, 0.2) is 0 Å². The van der Waals surface area contributed by atoms with Crippen molar-refractivity contribution in [1.82, 2.24) is 10.2 Å². The number of rotatable bonds is 4. The molecule has 0 aromatic rings. The number of nitrogens with one attached hydrogen (secondary N) is 1. The molecule has 1 heterocycles. The molecule has 1 saturated heterocycles. The Bertz CT molecular complexity index is 377. The first kappa shape index (κ1) is 16.8. The molecular formula is C14H26N2O4. The number of carboxylic acid groups (broad SMARTS) is 1. The summed E-state index contributed by atoms with van der Waals surface area (Å²) in [6.07, 6.45) is 0.647. The van der Waals surface area contributed by atoms with Crippen molar-refractivity contribution < 1.29 is 19.4 Å². The summed E-state index contributed by atoms with van der Waals surface area (Å²) < 4.78 is 5.75. The maximum atomic E-state index is 12.4. The largest absolute Gasteiger partial charge is 0.480 e. The van der Waals surface area contributed by atoms with E-state index in [9.17, 15) is 14.7 Å². The van der Waals surface area contributed by atoms with Crippen molar-refractivity contribution in [2.45, 2.75) is 64.7 Å². The summed E-state index contributed by atoms with van der Waals surface area (Å²) >= 11 is 0. The molecule has 20 heavy (non-hydrogen) atoms. The molecule has 0 saturated carbocycles. The van der Waals surface area contributed by atoms with Crippen LogP contribution >= 0.6 is 0 Å². The van der Waals surface area contributed by atoms with Gasteiger partial charge >= 0.3 is 12.0 Å². The normalized spacial score (nSPS) is 22.4. The van der Waals surface area contributed by atoms with E-state index >= 15 is 0 Å². The van der Waals surface area contributed by atoms with Crippen LogP contribution in [0.25, 0.3) is 0 Å². The van der Waals surface area contributed by atoms with Gasteiger partial charge in [-0.2, -0.15) is 0 Å². The molecule has 2 N–H and O–H groups in total. The molecule has 1 atom stereocenters. The zero-order valence-electron chi connectivity index (χ0n) is 13.0. The number of amides is 2. The highest BCUT2D eigenvalue weighted by Gasteiger charge is 2.40. The zero-order valence-corrected chi connectivity index (χ0v) is 13.0. The Balaban J connectivity index is 2.82. The number of urea groups is 1. The van der Waals surface area contributed by atoms with Gasteiger partial charge in [0, 0.05) is 6.54 Å². The lowest BCUT2D eigenvalue weighted by Gasteiger charge is -2.42. The van der Waals surface area contributed by atoms with E-state index in [0.29, 0.717) is 25.9 Å². The van der Waals surface area contributed by atoms with E-state index in [1.54, 1.807) is 18.7 Å². The molecule has 1 rings (SSSR count). The second-order valence-electron chi connectivity index (χ2n) is 6.09. The van der Waals surface area contributed by atoms with Gasteiger partial charge in [0.1, 0.15) is 5.54 Å². The molecule has 0 aliphatic carbocycles. The average molecular weight is 286 g/mol. The number of ether oxygens (including phenoxy) is 1. The maximum Gasteiger partial charge on any atom is 0.329 e. The van der Waals surface area contributed by atoms with Gasteiger partial charge in [-0.25, -0.2) is 9.59 Å². The third-order valence-electron chi connectivity index (χ3n) is 3.82. The molecular weight excluding hydrogens is 260 g/mol. The van der Waals surface area contributed by atoms with E-state index in [4.69, 9.17) is 4.74 Å². The molecule has 1 aliphatic rings. The molecule has 1 unspecified atom stereocenters. The van der Waals surface area contributed by atoms with E-state index in [1.165, 1.54) is 0 Å². The Hall–Kier alpha value is -1.30. The van der Waals surface area contributed by atoms with Crippen LogP contribution in [0.5, 0.6) is 0 Å². The average Bonchev–Trinajstić information content (AvgIpc) is 2.32. The lowest BCUT2D eigenvalue weighted by molar-refractivity contribution is -0.145. The van der Waals surface area contributed by atoms with Crippen LogP contribution in [0.1, 0.15) is 47.5 Å². The van der Waals surface area contributed by atoms with Gasteiger partial charge < -0.3 is 20.1 Å². The van der Waals surface area contributed by atoms with Gasteiger partial charge in [-0.3, -0.25) is 0 Å². The number of hydrogen-bond acceptors (Lipinski definition) is 3. The predicted octanol–water partition coefficient (Wildman–Crippen LogP) is 1.84. The van der Waals surface area contributed by atoms with Crippen molar-refractivity contribution in [3.63, 3.8) is 0 Å². The zero-order chi connectivity index (χ0) is 15.6. The van der Waals surface area contributed by atoms with Crippen molar-refractivity contribution in [2.24, 2.45) is 0 Å². The van der Waals surface area contributed by atoms with Crippen LogP contribution in [0.2, 0.25) is 0 Å². The lowest BCUT2D eigenvalue weighted by atomic mass is 9.93. The fraction of sp³-hybridized carbons (Fsp3) is 0.857. The van der Waals surface area contributed by atoms with E-state index in [0.717, 1.165) is 0 Å². The van der Waals surface area contributed by atoms with Crippen LogP contribution in [-0.2, 0) is 9.53 Å². The van der Waals surface area contributed by atoms with Crippen molar-refractivity contribution in [3.05, 3.63) is 0 Å². The van der Waals surface area contributed by atoms with Gasteiger partial charge in [0.05, 0.1) is 18.2 Å². The third kappa shape index (κ3) is 3.62. The number of hydrogen-bond donors (Lipinski definition) is 2. The molecule has 116 valence electrons. The van der Waals surface area contributed by atoms with Crippen molar-refractivity contribution >= 4 is 12.0 Å². The molecule has 6 nitrogen and oxygen atoms in total. The van der Waals surface area contributed by atoms with Gasteiger partial charge in [-0.15, -0.1) is 0 Å². The van der Waals surface area contributed by atoms with Crippen molar-refractivity contribution in [3.8, 4) is 0 Å². The highest BCUT2D eigenvalue weighted by molar-refractivity contribution is 5.86. The number of nitrogens with zero attached hydrogens (tertiary/aromatic N) is 1. The summed E-state index contributed by atoms with van der Waals surface area (Å²) in [7, 11) is 0. The Morgan fingerprint density at radius 3 is 2.35 bits per heavy atom. The molecule has 0 spiro atoms. The first-order valence-electron chi connectivity index (χ1n) is 7.14. The Morgan fingerprint density at radius 2 is 1.95 bits per heavy atom. The highest BCUT2D eigenvalue weighted by Crippen LogP contribution is 2.22. The Kier molecular flexibility index (Phi) is 5.02. The first-order chi connectivity index (χ1) is 9.15. The van der Waals surface area contributed by atoms with Crippen LogP contribution in [0.4, 0.5) is 4.79 Å². The van der Waals surface area contributed by atoms with Crippen LogP contribution < -0.4 is 5.32 Å². The molecule has 0 radical (unpaired) electrons. The summed E-state index contributed by atoms with van der Waals surface area (Å²) in [5, 5.41) is 12.1. The smallest absolute Gasteiger partial charge is 0.329 e. The van der Waals surface area contributed by atoms with Crippen LogP contribution in [0, 0.1) is 0 Å². The predicted molar refractivity (Wildman–Crippen MR) is 75.7 cm³/mol. The van der Waals surface area contributed by atoms with Crippen LogP contribution in [0.3, 0.4) is 0 Å².